The summed E-state index contributed by atoms with van der Waals surface area (Å²) in [6.07, 6.45) is -1.02. The molecule has 0 saturated carbocycles. The monoisotopic (exact) mass is 335 g/mol. The van der Waals surface area contributed by atoms with Gasteiger partial charge in [-0.15, -0.1) is 0 Å². The van der Waals surface area contributed by atoms with E-state index >= 15 is 0 Å². The van der Waals surface area contributed by atoms with Crippen molar-refractivity contribution in [3.05, 3.63) is 24.3 Å². The van der Waals surface area contributed by atoms with Crippen molar-refractivity contribution in [1.29, 1.82) is 0 Å². The van der Waals surface area contributed by atoms with Crippen molar-refractivity contribution in [2.24, 2.45) is 0 Å². The standard InChI is InChI=1S/C17H21NO6/c1-10-16(24-14-6-4-3-5-13(14)23-10)17(21)18-9-12(22-2)7-11(18)8-15(19)20/h3-6,10-12,16H,7-9H2,1-2H3,(H,19,20). The van der Waals surface area contributed by atoms with Crippen molar-refractivity contribution in [3.63, 3.8) is 0 Å². The minimum atomic E-state index is -0.936. The number of carboxylic acid groups (broad SMARTS) is 1. The molecule has 0 aromatic heterocycles. The summed E-state index contributed by atoms with van der Waals surface area (Å²) in [4.78, 5) is 25.6. The van der Waals surface area contributed by atoms with Gasteiger partial charge in [-0.05, 0) is 25.5 Å². The van der Waals surface area contributed by atoms with Gasteiger partial charge in [-0.25, -0.2) is 0 Å². The molecule has 3 rings (SSSR count). The summed E-state index contributed by atoms with van der Waals surface area (Å²) in [5, 5.41) is 9.09. The highest BCUT2D eigenvalue weighted by Crippen LogP contribution is 2.35. The maximum absolute atomic E-state index is 12.9. The fraction of sp³-hybridized carbons (Fsp3) is 0.529. The smallest absolute Gasteiger partial charge is 0.305 e. The molecule has 7 heteroatoms. The van der Waals surface area contributed by atoms with Crippen LogP contribution in [0.1, 0.15) is 19.8 Å². The summed E-state index contributed by atoms with van der Waals surface area (Å²) in [7, 11) is 1.57. The van der Waals surface area contributed by atoms with E-state index in [1.165, 1.54) is 0 Å². The van der Waals surface area contributed by atoms with Crippen molar-refractivity contribution >= 4 is 11.9 Å². The molecule has 1 N–H and O–H groups in total. The number of ether oxygens (including phenoxy) is 3. The number of amides is 1. The number of methoxy groups -OCH3 is 1. The highest BCUT2D eigenvalue weighted by Gasteiger charge is 2.43. The first kappa shape index (κ1) is 16.6. The van der Waals surface area contributed by atoms with Crippen molar-refractivity contribution in [2.45, 2.75) is 44.1 Å². The van der Waals surface area contributed by atoms with Gasteiger partial charge in [-0.2, -0.15) is 0 Å². The zero-order chi connectivity index (χ0) is 17.3. The van der Waals surface area contributed by atoms with Gasteiger partial charge in [0.25, 0.3) is 5.91 Å². The van der Waals surface area contributed by atoms with Crippen LogP contribution in [0.5, 0.6) is 11.5 Å². The minimum Gasteiger partial charge on any atom is -0.482 e. The Bertz CT molecular complexity index is 633. The third kappa shape index (κ3) is 3.17. The Labute approximate surface area is 140 Å². The molecule has 1 aromatic carbocycles. The lowest BCUT2D eigenvalue weighted by Gasteiger charge is -2.34. The van der Waals surface area contributed by atoms with Crippen molar-refractivity contribution in [1.82, 2.24) is 4.90 Å². The van der Waals surface area contributed by atoms with Crippen LogP contribution in [0.2, 0.25) is 0 Å². The van der Waals surface area contributed by atoms with Gasteiger partial charge in [0.15, 0.2) is 11.5 Å². The summed E-state index contributed by atoms with van der Waals surface area (Å²) in [6.45, 7) is 2.14. The number of carbonyl (C=O) groups is 2. The van der Waals surface area contributed by atoms with E-state index in [1.54, 1.807) is 31.1 Å². The number of carboxylic acids is 1. The number of nitrogens with zero attached hydrogens (tertiary/aromatic N) is 1. The van der Waals surface area contributed by atoms with Gasteiger partial charge in [-0.1, -0.05) is 12.1 Å². The van der Waals surface area contributed by atoms with Gasteiger partial charge < -0.3 is 24.2 Å². The number of likely N-dealkylation sites (tertiary alicyclic amines) is 1. The van der Waals surface area contributed by atoms with Crippen LogP contribution in [-0.2, 0) is 14.3 Å². The van der Waals surface area contributed by atoms with Gasteiger partial charge in [0.1, 0.15) is 6.10 Å². The van der Waals surface area contributed by atoms with Crippen LogP contribution in [0.25, 0.3) is 0 Å². The van der Waals surface area contributed by atoms with E-state index in [4.69, 9.17) is 19.3 Å². The van der Waals surface area contributed by atoms with Gasteiger partial charge >= 0.3 is 5.97 Å². The maximum Gasteiger partial charge on any atom is 0.305 e. The second-order valence-electron chi connectivity index (χ2n) is 6.14. The maximum atomic E-state index is 12.9. The Hall–Kier alpha value is -2.28. The molecule has 2 heterocycles. The lowest BCUT2D eigenvalue weighted by molar-refractivity contribution is -0.147. The highest BCUT2D eigenvalue weighted by molar-refractivity contribution is 5.83. The molecule has 1 aromatic rings. The average molecular weight is 335 g/mol. The molecule has 0 spiro atoms. The fourth-order valence-corrected chi connectivity index (χ4v) is 3.26. The second kappa shape index (κ2) is 6.68. The number of benzene rings is 1. The molecule has 1 saturated heterocycles. The number of hydrogen-bond donors (Lipinski definition) is 1. The molecule has 0 aliphatic carbocycles. The molecule has 1 fully saturated rings. The van der Waals surface area contributed by atoms with E-state index in [0.29, 0.717) is 24.5 Å². The van der Waals surface area contributed by atoms with Gasteiger partial charge in [0, 0.05) is 19.7 Å². The number of rotatable bonds is 4. The molecule has 2 aliphatic heterocycles. The van der Waals surface area contributed by atoms with Crippen molar-refractivity contribution in [2.75, 3.05) is 13.7 Å². The third-order valence-corrected chi connectivity index (χ3v) is 4.49. The topological polar surface area (TPSA) is 85.3 Å². The Morgan fingerprint density at radius 2 is 1.96 bits per heavy atom. The molecule has 1 amide bonds. The molecular formula is C17H21NO6. The van der Waals surface area contributed by atoms with E-state index in [2.05, 4.69) is 0 Å². The number of carbonyl (C=O) groups excluding carboxylic acids is 1. The third-order valence-electron chi connectivity index (χ3n) is 4.49. The summed E-state index contributed by atoms with van der Waals surface area (Å²) in [5.74, 6) is -0.0740. The van der Waals surface area contributed by atoms with Crippen LogP contribution >= 0.6 is 0 Å². The molecule has 7 nitrogen and oxygen atoms in total. The largest absolute Gasteiger partial charge is 0.482 e. The zero-order valence-corrected chi connectivity index (χ0v) is 13.7. The first-order valence-electron chi connectivity index (χ1n) is 7.97. The normalized spacial score (nSPS) is 28.7. The van der Waals surface area contributed by atoms with E-state index in [9.17, 15) is 9.59 Å². The zero-order valence-electron chi connectivity index (χ0n) is 13.7. The predicted octanol–water partition coefficient (Wildman–Crippen LogP) is 1.31. The number of hydrogen-bond acceptors (Lipinski definition) is 5. The van der Waals surface area contributed by atoms with E-state index < -0.39 is 24.2 Å². The second-order valence-corrected chi connectivity index (χ2v) is 6.14. The SMILES string of the molecule is COC1CC(CC(=O)O)N(C(=O)C2Oc3ccccc3OC2C)C1. The first-order valence-corrected chi connectivity index (χ1v) is 7.97. The predicted molar refractivity (Wildman–Crippen MR) is 84.1 cm³/mol. The van der Waals surface area contributed by atoms with Crippen molar-refractivity contribution in [3.8, 4) is 11.5 Å². The molecule has 130 valence electrons. The molecule has 4 unspecified atom stereocenters. The fourth-order valence-electron chi connectivity index (χ4n) is 3.26. The Kier molecular flexibility index (Phi) is 4.62. The summed E-state index contributed by atoms with van der Waals surface area (Å²) >= 11 is 0. The van der Waals surface area contributed by atoms with Crippen LogP contribution in [0, 0.1) is 0 Å². The average Bonchev–Trinajstić information content (AvgIpc) is 2.95. The van der Waals surface area contributed by atoms with E-state index in [-0.39, 0.29) is 18.4 Å². The van der Waals surface area contributed by atoms with Crippen molar-refractivity contribution < 1.29 is 28.9 Å². The van der Waals surface area contributed by atoms with Crippen LogP contribution in [-0.4, -0.2) is 59.9 Å². The lowest BCUT2D eigenvalue weighted by atomic mass is 10.1. The Morgan fingerprint density at radius 1 is 1.29 bits per heavy atom. The van der Waals surface area contributed by atoms with Crippen LogP contribution in [0.3, 0.4) is 0 Å². The van der Waals surface area contributed by atoms with Gasteiger partial charge in [-0.3, -0.25) is 9.59 Å². The van der Waals surface area contributed by atoms with Gasteiger partial charge in [0.2, 0.25) is 6.10 Å². The molecule has 24 heavy (non-hydrogen) atoms. The van der Waals surface area contributed by atoms with E-state index in [1.807, 2.05) is 12.1 Å². The molecule has 4 atom stereocenters. The minimum absolute atomic E-state index is 0.107. The number of aliphatic carboxylic acids is 1. The molecule has 0 bridgehead atoms. The summed E-state index contributed by atoms with van der Waals surface area (Å²) < 4.78 is 16.9. The number of para-hydroxylation sites is 2. The Balaban J connectivity index is 1.78. The highest BCUT2D eigenvalue weighted by atomic mass is 16.6. The molecule has 0 radical (unpaired) electrons. The van der Waals surface area contributed by atoms with Crippen LogP contribution in [0.4, 0.5) is 0 Å². The van der Waals surface area contributed by atoms with Crippen LogP contribution < -0.4 is 9.47 Å². The quantitative estimate of drug-likeness (QED) is 0.893. The van der Waals surface area contributed by atoms with Crippen LogP contribution in [0.15, 0.2) is 24.3 Å². The molecule has 2 aliphatic rings. The summed E-state index contributed by atoms with van der Waals surface area (Å²) in [6, 6.07) is 6.79. The Morgan fingerprint density at radius 3 is 2.58 bits per heavy atom. The van der Waals surface area contributed by atoms with E-state index in [0.717, 1.165) is 0 Å². The first-order chi connectivity index (χ1) is 11.5. The number of fused-ring (bicyclic) bond motifs is 1. The lowest BCUT2D eigenvalue weighted by Crippen LogP contribution is -2.52. The molecular weight excluding hydrogens is 314 g/mol. The van der Waals surface area contributed by atoms with Gasteiger partial charge in [0.05, 0.1) is 12.5 Å². The summed E-state index contributed by atoms with van der Waals surface area (Å²) in [5.41, 5.74) is 0.